The van der Waals surface area contributed by atoms with Gasteiger partial charge in [0.25, 0.3) is 0 Å². The molecular formula is C32H37Cl2OSi2Zr. The minimum atomic E-state index is -1.76. The van der Waals surface area contributed by atoms with Crippen LogP contribution in [-0.2, 0) is 30.6 Å². The van der Waals surface area contributed by atoms with E-state index in [1.54, 1.807) is 5.20 Å². The molecule has 2 aliphatic rings. The third kappa shape index (κ3) is 6.32. The van der Waals surface area contributed by atoms with Crippen LogP contribution in [0.1, 0.15) is 42.0 Å². The summed E-state index contributed by atoms with van der Waals surface area (Å²) in [5.41, 5.74) is 6.93. The smallest absolute Gasteiger partial charge is 1.00 e. The fourth-order valence-corrected chi connectivity index (χ4v) is 9.10. The van der Waals surface area contributed by atoms with Crippen LogP contribution in [0.25, 0.3) is 17.7 Å². The standard InChI is InChI=1S/C32H37OSi2.2ClH.Zr/c1-22(2)25-16-17-28-26-14-10-8-12-23(26)20-29(28)31(25)32-27-15-11-9-13-24(27)21-30(32)35(6,7)19-18-33-34(3,4)5;;;/h8-17,21,32H,18-19H2,1-7H3;2*1H;/q-1;;;+3/p-2. The van der Waals surface area contributed by atoms with Crippen LogP contribution >= 0.6 is 0 Å². The Labute approximate surface area is 261 Å². The van der Waals surface area contributed by atoms with Gasteiger partial charge in [-0.2, -0.15) is 0 Å². The van der Waals surface area contributed by atoms with E-state index in [0.717, 1.165) is 12.7 Å². The van der Waals surface area contributed by atoms with Crippen LogP contribution in [-0.4, -0.2) is 23.0 Å². The molecule has 0 spiro atoms. The summed E-state index contributed by atoms with van der Waals surface area (Å²) >= 11 is 0. The van der Waals surface area contributed by atoms with E-state index in [4.69, 9.17) is 4.43 Å². The van der Waals surface area contributed by atoms with Gasteiger partial charge in [-0.15, -0.1) is 33.4 Å². The molecule has 0 N–H and O–H groups in total. The van der Waals surface area contributed by atoms with Crippen molar-refractivity contribution < 1.29 is 55.4 Å². The summed E-state index contributed by atoms with van der Waals surface area (Å²) < 4.78 is 6.35. The first-order valence-corrected chi connectivity index (χ1v) is 19.5. The van der Waals surface area contributed by atoms with Crippen molar-refractivity contribution in [2.45, 2.75) is 58.5 Å². The molecule has 1 radical (unpaired) electrons. The maximum atomic E-state index is 6.35. The number of rotatable bonds is 6. The molecule has 0 aliphatic heterocycles. The maximum absolute atomic E-state index is 6.35. The fraction of sp³-hybridized carbons (Fsp3) is 0.312. The van der Waals surface area contributed by atoms with Gasteiger partial charge in [0, 0.05) is 12.5 Å². The van der Waals surface area contributed by atoms with Crippen molar-refractivity contribution in [2.24, 2.45) is 0 Å². The normalized spacial score (nSPS) is 15.0. The fourth-order valence-electron chi connectivity index (χ4n) is 5.65. The number of hydrogen-bond donors (Lipinski definition) is 0. The van der Waals surface area contributed by atoms with Crippen molar-refractivity contribution >= 4 is 34.1 Å². The molecule has 6 heteroatoms. The van der Waals surface area contributed by atoms with Gasteiger partial charge in [-0.1, -0.05) is 95.3 Å². The van der Waals surface area contributed by atoms with Crippen LogP contribution in [0.15, 0.2) is 65.9 Å². The molecule has 38 heavy (non-hydrogen) atoms. The van der Waals surface area contributed by atoms with Gasteiger partial charge in [0.2, 0.25) is 0 Å². The van der Waals surface area contributed by atoms with E-state index < -0.39 is 16.4 Å². The molecule has 0 amide bonds. The Morgan fingerprint density at radius 3 is 2.18 bits per heavy atom. The van der Waals surface area contributed by atoms with Gasteiger partial charge in [-0.3, -0.25) is 0 Å². The minimum absolute atomic E-state index is 0. The Hall–Kier alpha value is -1.00. The number of halogens is 2. The molecule has 0 saturated carbocycles. The van der Waals surface area contributed by atoms with Gasteiger partial charge in [-0.05, 0) is 50.7 Å². The predicted molar refractivity (Wildman–Crippen MR) is 155 cm³/mol. The summed E-state index contributed by atoms with van der Waals surface area (Å²) in [6.07, 6.45) is 6.37. The van der Waals surface area contributed by atoms with Crippen LogP contribution in [0.2, 0.25) is 38.8 Å². The monoisotopic (exact) mass is 653 g/mol. The van der Waals surface area contributed by atoms with E-state index in [9.17, 15) is 0 Å². The molecule has 2 aliphatic carbocycles. The van der Waals surface area contributed by atoms with Crippen molar-refractivity contribution in [1.29, 1.82) is 0 Å². The van der Waals surface area contributed by atoms with Crippen molar-refractivity contribution in [1.82, 2.24) is 0 Å². The van der Waals surface area contributed by atoms with Gasteiger partial charge in [-0.25, -0.2) is 0 Å². The molecule has 1 nitrogen and oxygen atoms in total. The zero-order valence-electron chi connectivity index (χ0n) is 23.5. The average molecular weight is 656 g/mol. The average Bonchev–Trinajstić information content (AvgIpc) is 3.36. The largest absolute Gasteiger partial charge is 3.00 e. The summed E-state index contributed by atoms with van der Waals surface area (Å²) in [7, 11) is -3.29. The van der Waals surface area contributed by atoms with Crippen molar-refractivity contribution in [2.75, 3.05) is 6.61 Å². The van der Waals surface area contributed by atoms with Crippen LogP contribution in [0.3, 0.4) is 0 Å². The minimum Gasteiger partial charge on any atom is -1.00 e. The van der Waals surface area contributed by atoms with Gasteiger partial charge in [0.15, 0.2) is 8.32 Å². The first-order valence-electron chi connectivity index (χ1n) is 12.9. The van der Waals surface area contributed by atoms with Crippen molar-refractivity contribution in [3.63, 3.8) is 0 Å². The van der Waals surface area contributed by atoms with E-state index in [1.807, 2.05) is 0 Å². The second-order valence-electron chi connectivity index (χ2n) is 11.9. The zero-order valence-corrected chi connectivity index (χ0v) is 29.5. The first kappa shape index (κ1) is 33.2. The van der Waals surface area contributed by atoms with E-state index >= 15 is 0 Å². The summed E-state index contributed by atoms with van der Waals surface area (Å²) in [5, 5.41) is 6.85. The maximum Gasteiger partial charge on any atom is 3.00 e. The zero-order chi connectivity index (χ0) is 25.0. The number of benzene rings is 3. The molecule has 0 fully saturated rings. The Balaban J connectivity index is 0.00000169. The Kier molecular flexibility index (Phi) is 11.1. The third-order valence-electron chi connectivity index (χ3n) is 7.52. The molecule has 1 atom stereocenters. The number of allylic oxidation sites excluding steroid dienone is 1. The number of hydrogen-bond acceptors (Lipinski definition) is 1. The SMILES string of the molecule is CC(C)=c1ccc2c(c1C1C([Si](C)(C)CCO[Si](C)(C)C)=Cc3ccccc31)[C-]=c1ccccc1=2.[Cl-].[Cl-].[Zr+3]. The topological polar surface area (TPSA) is 9.23 Å². The molecule has 3 aromatic rings. The van der Waals surface area contributed by atoms with Crippen LogP contribution in [0, 0.1) is 10.4 Å². The molecule has 3 aromatic carbocycles. The quantitative estimate of drug-likeness (QED) is 0.221. The third-order valence-corrected chi connectivity index (χ3v) is 12.0. The van der Waals surface area contributed by atoms with Crippen molar-refractivity contribution in [3.05, 3.63) is 109 Å². The molecule has 5 rings (SSSR count). The summed E-state index contributed by atoms with van der Waals surface area (Å²) in [5.74, 6) is 0.279. The molecule has 197 valence electrons. The van der Waals surface area contributed by atoms with Gasteiger partial charge < -0.3 is 29.2 Å². The Morgan fingerprint density at radius 1 is 0.842 bits per heavy atom. The van der Waals surface area contributed by atoms with Crippen LogP contribution in [0.4, 0.5) is 0 Å². The molecule has 1 unspecified atom stereocenters. The van der Waals surface area contributed by atoms with Crippen molar-refractivity contribution in [3.8, 4) is 0 Å². The molecule has 0 saturated heterocycles. The first-order chi connectivity index (χ1) is 16.6. The van der Waals surface area contributed by atoms with Gasteiger partial charge in [0.05, 0.1) is 8.07 Å². The predicted octanol–water partition coefficient (Wildman–Crippen LogP) is 0.817. The second kappa shape index (κ2) is 12.7. The summed E-state index contributed by atoms with van der Waals surface area (Å²) in [6, 6.07) is 23.6. The van der Waals surface area contributed by atoms with E-state index in [0.29, 0.717) is 0 Å². The van der Waals surface area contributed by atoms with Gasteiger partial charge >= 0.3 is 26.2 Å². The molecule has 0 bridgehead atoms. The van der Waals surface area contributed by atoms with Crippen LogP contribution < -0.4 is 35.3 Å². The second-order valence-corrected chi connectivity index (χ2v) is 21.2. The molecule has 0 heterocycles. The summed E-state index contributed by atoms with van der Waals surface area (Å²) in [4.78, 5) is 0. The Morgan fingerprint density at radius 2 is 1.50 bits per heavy atom. The van der Waals surface area contributed by atoms with E-state index in [-0.39, 0.29) is 56.9 Å². The van der Waals surface area contributed by atoms with E-state index in [1.165, 1.54) is 48.7 Å². The molecular weight excluding hydrogens is 619 g/mol. The number of fused-ring (bicyclic) bond motifs is 3. The summed E-state index contributed by atoms with van der Waals surface area (Å²) in [6.45, 7) is 17.3. The molecule has 0 aromatic heterocycles. The van der Waals surface area contributed by atoms with E-state index in [2.05, 4.69) is 119 Å². The van der Waals surface area contributed by atoms with Crippen LogP contribution in [0.5, 0.6) is 0 Å². The Bertz CT molecular complexity index is 1570. The van der Waals surface area contributed by atoms with Gasteiger partial charge in [0.1, 0.15) is 0 Å².